The Bertz CT molecular complexity index is 636. The largest absolute Gasteiger partial charge is 0.387 e. The molecule has 0 aliphatic carbocycles. The normalized spacial score (nSPS) is 15.2. The highest BCUT2D eigenvalue weighted by Crippen LogP contribution is 2.27. The molecule has 2 aromatic rings. The molecule has 1 N–H and O–H groups in total. The van der Waals surface area contributed by atoms with Crippen LogP contribution in [0.2, 0.25) is 0 Å². The molecule has 0 saturated carbocycles. The number of fused-ring (bicyclic) bond motifs is 1. The van der Waals surface area contributed by atoms with Crippen molar-refractivity contribution in [2.24, 2.45) is 0 Å². The van der Waals surface area contributed by atoms with Crippen molar-refractivity contribution in [1.29, 1.82) is 0 Å². The van der Waals surface area contributed by atoms with Crippen LogP contribution in [0.15, 0.2) is 30.5 Å². The maximum atomic E-state index is 12.3. The Kier molecular flexibility index (Phi) is 3.23. The zero-order valence-electron chi connectivity index (χ0n) is 11.2. The first-order valence-electron chi connectivity index (χ1n) is 6.61. The van der Waals surface area contributed by atoms with Crippen LogP contribution in [0, 0.1) is 0 Å². The lowest BCUT2D eigenvalue weighted by Gasteiger charge is -2.16. The van der Waals surface area contributed by atoms with E-state index in [1.54, 1.807) is 18.0 Å². The Hall–Kier alpha value is -2.21. The van der Waals surface area contributed by atoms with E-state index in [1.165, 1.54) is 10.2 Å². The van der Waals surface area contributed by atoms with Crippen molar-refractivity contribution in [1.82, 2.24) is 15.0 Å². The van der Waals surface area contributed by atoms with Gasteiger partial charge in [0.05, 0.1) is 12.3 Å². The third-order valence-electron chi connectivity index (χ3n) is 3.47. The summed E-state index contributed by atoms with van der Waals surface area (Å²) in [5.41, 5.74) is 2.65. The van der Waals surface area contributed by atoms with Crippen molar-refractivity contribution in [3.8, 4) is 0 Å². The number of carbonyl (C=O) groups excluding carboxylic acids is 1. The number of hydrogen-bond acceptors (Lipinski definition) is 4. The summed E-state index contributed by atoms with van der Waals surface area (Å²) < 4.78 is 1.46. The van der Waals surface area contributed by atoms with Crippen LogP contribution < -0.4 is 4.90 Å². The van der Waals surface area contributed by atoms with Gasteiger partial charge in [-0.15, -0.1) is 5.10 Å². The Labute approximate surface area is 116 Å². The highest BCUT2D eigenvalue weighted by atomic mass is 16.3. The third kappa shape index (κ3) is 2.30. The molecule has 0 spiro atoms. The lowest BCUT2D eigenvalue weighted by Crippen LogP contribution is -2.32. The number of rotatable bonds is 3. The number of nitrogens with zero attached hydrogens (tertiary/aromatic N) is 4. The van der Waals surface area contributed by atoms with Gasteiger partial charge in [-0.25, -0.2) is 4.68 Å². The lowest BCUT2D eigenvalue weighted by molar-refractivity contribution is -0.119. The van der Waals surface area contributed by atoms with Gasteiger partial charge in [-0.2, -0.15) is 0 Å². The molecule has 0 saturated heterocycles. The van der Waals surface area contributed by atoms with E-state index < -0.39 is 6.10 Å². The molecule has 6 heteroatoms. The van der Waals surface area contributed by atoms with Crippen molar-refractivity contribution >= 4 is 11.6 Å². The molecule has 20 heavy (non-hydrogen) atoms. The SMILES string of the molecule is CC(O)c1cn(CC(=O)N2CCc3ccccc32)nn1. The molecule has 3 rings (SSSR count). The number of aliphatic hydroxyl groups is 1. The van der Waals surface area contributed by atoms with Gasteiger partial charge in [0.15, 0.2) is 0 Å². The second-order valence-electron chi connectivity index (χ2n) is 4.94. The minimum Gasteiger partial charge on any atom is -0.387 e. The average Bonchev–Trinajstić information content (AvgIpc) is 3.04. The quantitative estimate of drug-likeness (QED) is 0.902. The van der Waals surface area contributed by atoms with E-state index in [2.05, 4.69) is 10.3 Å². The molecule has 1 aliphatic rings. The highest BCUT2D eigenvalue weighted by molar-refractivity contribution is 5.95. The number of carbonyl (C=O) groups is 1. The first-order valence-corrected chi connectivity index (χ1v) is 6.61. The molecular weight excluding hydrogens is 256 g/mol. The number of aliphatic hydroxyl groups excluding tert-OH is 1. The predicted molar refractivity (Wildman–Crippen MR) is 73.2 cm³/mol. The summed E-state index contributed by atoms with van der Waals surface area (Å²) in [6.45, 7) is 2.46. The van der Waals surface area contributed by atoms with Crippen molar-refractivity contribution in [2.75, 3.05) is 11.4 Å². The third-order valence-corrected chi connectivity index (χ3v) is 3.47. The maximum Gasteiger partial charge on any atom is 0.248 e. The van der Waals surface area contributed by atoms with Crippen LogP contribution in [-0.4, -0.2) is 32.6 Å². The summed E-state index contributed by atoms with van der Waals surface area (Å²) in [6, 6.07) is 7.93. The fraction of sp³-hybridized carbons (Fsp3) is 0.357. The van der Waals surface area contributed by atoms with E-state index in [0.29, 0.717) is 12.2 Å². The van der Waals surface area contributed by atoms with Crippen LogP contribution in [-0.2, 0) is 17.8 Å². The summed E-state index contributed by atoms with van der Waals surface area (Å²) in [5.74, 6) is -0.0167. The molecule has 1 atom stereocenters. The number of aromatic nitrogens is 3. The van der Waals surface area contributed by atoms with Gasteiger partial charge in [-0.1, -0.05) is 23.4 Å². The summed E-state index contributed by atoms with van der Waals surface area (Å²) in [5, 5.41) is 17.1. The minimum absolute atomic E-state index is 0.0167. The molecule has 0 fully saturated rings. The first-order chi connectivity index (χ1) is 9.65. The molecule has 1 aliphatic heterocycles. The van der Waals surface area contributed by atoms with E-state index >= 15 is 0 Å². The Morgan fingerprint density at radius 2 is 2.25 bits per heavy atom. The van der Waals surface area contributed by atoms with Gasteiger partial charge >= 0.3 is 0 Å². The summed E-state index contributed by atoms with van der Waals surface area (Å²) in [7, 11) is 0. The molecule has 1 amide bonds. The van der Waals surface area contributed by atoms with Gasteiger partial charge in [0, 0.05) is 12.2 Å². The molecule has 2 heterocycles. The Morgan fingerprint density at radius 3 is 3.00 bits per heavy atom. The standard InChI is InChI=1S/C14H16N4O2/c1-10(19)12-8-17(16-15-12)9-14(20)18-7-6-11-4-2-3-5-13(11)18/h2-5,8,10,19H,6-7,9H2,1H3. The maximum absolute atomic E-state index is 12.3. The van der Waals surface area contributed by atoms with Gasteiger partial charge in [-0.3, -0.25) is 4.79 Å². The van der Waals surface area contributed by atoms with E-state index in [1.807, 2.05) is 24.3 Å². The van der Waals surface area contributed by atoms with Gasteiger partial charge in [-0.05, 0) is 25.0 Å². The fourth-order valence-electron chi connectivity index (χ4n) is 2.40. The van der Waals surface area contributed by atoms with Crippen molar-refractivity contribution < 1.29 is 9.90 Å². The minimum atomic E-state index is -0.675. The number of hydrogen-bond donors (Lipinski definition) is 1. The first kappa shape index (κ1) is 12.8. The van der Waals surface area contributed by atoms with Crippen LogP contribution >= 0.6 is 0 Å². The van der Waals surface area contributed by atoms with E-state index in [4.69, 9.17) is 0 Å². The molecule has 0 radical (unpaired) electrons. The zero-order chi connectivity index (χ0) is 14.1. The number of benzene rings is 1. The zero-order valence-corrected chi connectivity index (χ0v) is 11.2. The molecule has 1 aromatic carbocycles. The van der Waals surface area contributed by atoms with Gasteiger partial charge < -0.3 is 10.0 Å². The van der Waals surface area contributed by atoms with E-state index in [-0.39, 0.29) is 12.5 Å². The summed E-state index contributed by atoms with van der Waals surface area (Å²) in [6.07, 6.45) is 1.81. The Balaban J connectivity index is 1.74. The molecule has 104 valence electrons. The molecular formula is C14H16N4O2. The van der Waals surface area contributed by atoms with Crippen LogP contribution in [0.25, 0.3) is 0 Å². The fourth-order valence-corrected chi connectivity index (χ4v) is 2.40. The topological polar surface area (TPSA) is 71.2 Å². The monoisotopic (exact) mass is 272 g/mol. The Morgan fingerprint density at radius 1 is 1.45 bits per heavy atom. The second-order valence-corrected chi connectivity index (χ2v) is 4.94. The highest BCUT2D eigenvalue weighted by Gasteiger charge is 2.24. The molecule has 6 nitrogen and oxygen atoms in total. The van der Waals surface area contributed by atoms with Gasteiger partial charge in [0.25, 0.3) is 0 Å². The van der Waals surface area contributed by atoms with Crippen LogP contribution in [0.1, 0.15) is 24.3 Å². The van der Waals surface area contributed by atoms with E-state index in [9.17, 15) is 9.90 Å². The number of anilines is 1. The van der Waals surface area contributed by atoms with Crippen molar-refractivity contribution in [3.63, 3.8) is 0 Å². The lowest BCUT2D eigenvalue weighted by atomic mass is 10.2. The van der Waals surface area contributed by atoms with Crippen molar-refractivity contribution in [3.05, 3.63) is 41.7 Å². The van der Waals surface area contributed by atoms with Gasteiger partial charge in [0.1, 0.15) is 12.2 Å². The molecule has 1 aromatic heterocycles. The number of amides is 1. The molecule has 1 unspecified atom stereocenters. The summed E-state index contributed by atoms with van der Waals surface area (Å²) >= 11 is 0. The van der Waals surface area contributed by atoms with Crippen molar-refractivity contribution in [2.45, 2.75) is 26.0 Å². The van der Waals surface area contributed by atoms with Crippen LogP contribution in [0.4, 0.5) is 5.69 Å². The van der Waals surface area contributed by atoms with Crippen LogP contribution in [0.3, 0.4) is 0 Å². The molecule has 0 bridgehead atoms. The smallest absolute Gasteiger partial charge is 0.248 e. The summed E-state index contributed by atoms with van der Waals surface area (Å²) in [4.78, 5) is 14.1. The number of para-hydroxylation sites is 1. The van der Waals surface area contributed by atoms with Crippen LogP contribution in [0.5, 0.6) is 0 Å². The predicted octanol–water partition coefficient (Wildman–Crippen LogP) is 0.921. The average molecular weight is 272 g/mol. The second kappa shape index (κ2) is 5.05. The van der Waals surface area contributed by atoms with Gasteiger partial charge in [0.2, 0.25) is 5.91 Å². The van der Waals surface area contributed by atoms with E-state index in [0.717, 1.165) is 12.1 Å².